The number of rotatable bonds is 3. The minimum Gasteiger partial charge on any atom is -0.283 e. The maximum atomic E-state index is 11.1. The van der Waals surface area contributed by atoms with Gasteiger partial charge in [-0.3, -0.25) is 9.59 Å². The Balaban J connectivity index is 2.74. The summed E-state index contributed by atoms with van der Waals surface area (Å²) in [5, 5.41) is 7.85. The number of hydroxylamine groups is 1. The van der Waals surface area contributed by atoms with Gasteiger partial charge in [-0.1, -0.05) is 30.3 Å². The summed E-state index contributed by atoms with van der Waals surface area (Å²) < 4.78 is 0. The zero-order valence-corrected chi connectivity index (χ0v) is 6.56. The molecule has 5 nitrogen and oxygen atoms in total. The Morgan fingerprint density at radius 1 is 1.23 bits per heavy atom. The lowest BCUT2D eigenvalue weighted by Gasteiger charge is -1.98. The molecule has 0 atom stereocenters. The summed E-state index contributed by atoms with van der Waals surface area (Å²) in [5.74, 6) is -1.79. The van der Waals surface area contributed by atoms with Crippen LogP contribution in [0.25, 0.3) is 0 Å². The van der Waals surface area contributed by atoms with E-state index in [9.17, 15) is 9.59 Å². The molecule has 68 valence electrons. The molecule has 5 heteroatoms. The van der Waals surface area contributed by atoms with E-state index in [0.717, 1.165) is 0 Å². The summed E-state index contributed by atoms with van der Waals surface area (Å²) in [5.41, 5.74) is 1.74. The molecule has 1 aromatic rings. The molecule has 0 heterocycles. The molecule has 0 fully saturated rings. The van der Waals surface area contributed by atoms with Crippen LogP contribution in [-0.2, 0) is 9.78 Å². The van der Waals surface area contributed by atoms with Crippen molar-refractivity contribution in [3.63, 3.8) is 0 Å². The van der Waals surface area contributed by atoms with Gasteiger partial charge in [0.1, 0.15) is 0 Å². The molecule has 0 radical (unpaired) electrons. The predicted octanol–water partition coefficient (Wildman–Crippen LogP) is 0.390. The first-order chi connectivity index (χ1) is 6.25. The number of ketones is 1. The Morgan fingerprint density at radius 2 is 1.85 bits per heavy atom. The van der Waals surface area contributed by atoms with Gasteiger partial charge in [-0.05, 0) is 0 Å². The fraction of sp³-hybridized carbons (Fsp3) is 0. The molecule has 1 rings (SSSR count). The lowest BCUT2D eigenvalue weighted by atomic mass is 10.1. The number of carbonyl (C=O) groups is 2. The van der Waals surface area contributed by atoms with E-state index in [1.54, 1.807) is 18.2 Å². The van der Waals surface area contributed by atoms with E-state index in [1.807, 2.05) is 0 Å². The van der Waals surface area contributed by atoms with Crippen LogP contribution < -0.4 is 5.48 Å². The standard InChI is InChI=1S/C8H7NO4/c10-7(8(11)9-13-12)6-4-2-1-3-5-6/h1-5,12H,(H,9,11). The number of carbonyl (C=O) groups excluding carboxylic acids is 2. The van der Waals surface area contributed by atoms with Gasteiger partial charge >= 0.3 is 5.91 Å². The topological polar surface area (TPSA) is 75.6 Å². The van der Waals surface area contributed by atoms with E-state index < -0.39 is 11.7 Å². The van der Waals surface area contributed by atoms with Crippen LogP contribution in [0.1, 0.15) is 10.4 Å². The molecular formula is C8H7NO4. The molecule has 0 saturated heterocycles. The molecule has 1 amide bonds. The fourth-order valence-electron chi connectivity index (χ4n) is 0.808. The zero-order chi connectivity index (χ0) is 9.68. The second-order valence-corrected chi connectivity index (χ2v) is 2.22. The summed E-state index contributed by atoms with van der Waals surface area (Å²) in [7, 11) is 0. The normalized spacial score (nSPS) is 9.31. The van der Waals surface area contributed by atoms with Gasteiger partial charge in [-0.2, -0.15) is 5.48 Å². The van der Waals surface area contributed by atoms with E-state index in [2.05, 4.69) is 4.99 Å². The third kappa shape index (κ3) is 2.36. The van der Waals surface area contributed by atoms with Gasteiger partial charge in [0.05, 0.1) is 0 Å². The molecule has 0 bridgehead atoms. The van der Waals surface area contributed by atoms with E-state index >= 15 is 0 Å². The second kappa shape index (κ2) is 4.34. The van der Waals surface area contributed by atoms with Crippen molar-refractivity contribution in [2.24, 2.45) is 0 Å². The molecule has 0 aliphatic rings. The average Bonchev–Trinajstić information content (AvgIpc) is 2.18. The van der Waals surface area contributed by atoms with E-state index in [0.29, 0.717) is 0 Å². The highest BCUT2D eigenvalue weighted by Crippen LogP contribution is 1.99. The van der Waals surface area contributed by atoms with Crippen molar-refractivity contribution in [1.29, 1.82) is 0 Å². The van der Waals surface area contributed by atoms with Gasteiger partial charge in [0.25, 0.3) is 5.78 Å². The quantitative estimate of drug-likeness (QED) is 0.306. The Hall–Kier alpha value is -1.72. The van der Waals surface area contributed by atoms with Crippen LogP contribution >= 0.6 is 0 Å². The fourth-order valence-corrected chi connectivity index (χ4v) is 0.808. The summed E-state index contributed by atoms with van der Waals surface area (Å²) in [6.07, 6.45) is 0. The lowest BCUT2D eigenvalue weighted by molar-refractivity contribution is -0.283. The average molecular weight is 181 g/mol. The highest BCUT2D eigenvalue weighted by molar-refractivity contribution is 6.42. The third-order valence-corrected chi connectivity index (χ3v) is 1.38. The number of amides is 1. The van der Waals surface area contributed by atoms with Crippen LogP contribution in [0, 0.1) is 0 Å². The first-order valence-electron chi connectivity index (χ1n) is 3.46. The van der Waals surface area contributed by atoms with Crippen molar-refractivity contribution in [3.05, 3.63) is 35.9 Å². The van der Waals surface area contributed by atoms with E-state index in [1.165, 1.54) is 17.6 Å². The molecule has 0 aliphatic heterocycles. The molecule has 0 spiro atoms. The van der Waals surface area contributed by atoms with Gasteiger partial charge in [0.15, 0.2) is 0 Å². The van der Waals surface area contributed by atoms with Crippen LogP contribution in [-0.4, -0.2) is 16.9 Å². The molecule has 0 aliphatic carbocycles. The van der Waals surface area contributed by atoms with E-state index in [-0.39, 0.29) is 5.56 Å². The second-order valence-electron chi connectivity index (χ2n) is 2.22. The maximum absolute atomic E-state index is 11.1. The number of nitrogens with one attached hydrogen (secondary N) is 1. The Bertz CT molecular complexity index is 309. The molecule has 13 heavy (non-hydrogen) atoms. The highest BCUT2D eigenvalue weighted by atomic mass is 17.2. The summed E-state index contributed by atoms with van der Waals surface area (Å²) >= 11 is 0. The molecule has 0 unspecified atom stereocenters. The van der Waals surface area contributed by atoms with Crippen molar-refractivity contribution < 1.29 is 19.8 Å². The summed E-state index contributed by atoms with van der Waals surface area (Å²) in [6, 6.07) is 7.94. The SMILES string of the molecule is O=C(NOO)C(=O)c1ccccc1. The van der Waals surface area contributed by atoms with Gasteiger partial charge in [-0.15, -0.1) is 4.99 Å². The highest BCUT2D eigenvalue weighted by Gasteiger charge is 2.15. The van der Waals surface area contributed by atoms with Crippen LogP contribution in [0.15, 0.2) is 30.3 Å². The van der Waals surface area contributed by atoms with Crippen LogP contribution in [0.2, 0.25) is 0 Å². The molecule has 2 N–H and O–H groups in total. The molecule has 0 aromatic heterocycles. The molecular weight excluding hydrogens is 174 g/mol. The summed E-state index contributed by atoms with van der Waals surface area (Å²) in [4.78, 5) is 25.3. The number of Topliss-reactive ketones (excluding diaryl/α,β-unsaturated/α-hetero) is 1. The number of hydrogen-bond acceptors (Lipinski definition) is 4. The van der Waals surface area contributed by atoms with Crippen molar-refractivity contribution in [2.45, 2.75) is 0 Å². The van der Waals surface area contributed by atoms with Crippen molar-refractivity contribution >= 4 is 11.7 Å². The number of benzene rings is 1. The minimum absolute atomic E-state index is 0.233. The maximum Gasteiger partial charge on any atom is 0.318 e. The van der Waals surface area contributed by atoms with Crippen LogP contribution in [0.4, 0.5) is 0 Å². The lowest BCUT2D eigenvalue weighted by Crippen LogP contribution is -2.30. The minimum atomic E-state index is -1.02. The first-order valence-corrected chi connectivity index (χ1v) is 3.46. The summed E-state index contributed by atoms with van der Waals surface area (Å²) in [6.45, 7) is 0. The smallest absolute Gasteiger partial charge is 0.283 e. The zero-order valence-electron chi connectivity index (χ0n) is 6.56. The van der Waals surface area contributed by atoms with Crippen LogP contribution in [0.5, 0.6) is 0 Å². The first kappa shape index (κ1) is 9.37. The van der Waals surface area contributed by atoms with Gasteiger partial charge in [-0.25, -0.2) is 5.26 Å². The van der Waals surface area contributed by atoms with E-state index in [4.69, 9.17) is 5.26 Å². The largest absolute Gasteiger partial charge is 0.318 e. The van der Waals surface area contributed by atoms with Crippen LogP contribution in [0.3, 0.4) is 0 Å². The Kier molecular flexibility index (Phi) is 3.13. The van der Waals surface area contributed by atoms with Gasteiger partial charge in [0.2, 0.25) is 0 Å². The monoisotopic (exact) mass is 181 g/mol. The van der Waals surface area contributed by atoms with Crippen molar-refractivity contribution in [1.82, 2.24) is 5.48 Å². The van der Waals surface area contributed by atoms with Crippen molar-refractivity contribution in [3.8, 4) is 0 Å². The Labute approximate surface area is 73.8 Å². The predicted molar refractivity (Wildman–Crippen MR) is 42.6 cm³/mol. The molecule has 0 saturated carbocycles. The molecule has 1 aromatic carbocycles. The third-order valence-electron chi connectivity index (χ3n) is 1.38. The van der Waals surface area contributed by atoms with Gasteiger partial charge in [0, 0.05) is 5.56 Å². The van der Waals surface area contributed by atoms with Crippen molar-refractivity contribution in [2.75, 3.05) is 0 Å². The van der Waals surface area contributed by atoms with Gasteiger partial charge < -0.3 is 0 Å². The number of hydrogen-bond donors (Lipinski definition) is 2. The Morgan fingerprint density at radius 3 is 2.38 bits per heavy atom.